The molecule has 2 N–H and O–H groups in total. The first-order chi connectivity index (χ1) is 10.8. The lowest BCUT2D eigenvalue weighted by Crippen LogP contribution is -2.54. The first-order valence-electron chi connectivity index (χ1n) is 7.97. The molecule has 1 aliphatic heterocycles. The van der Waals surface area contributed by atoms with Crippen LogP contribution in [0.2, 0.25) is 0 Å². The van der Waals surface area contributed by atoms with Gasteiger partial charge in [0.1, 0.15) is 12.7 Å². The van der Waals surface area contributed by atoms with Crippen LogP contribution < -0.4 is 10.6 Å². The summed E-state index contributed by atoms with van der Waals surface area (Å²) in [7, 11) is 0. The van der Waals surface area contributed by atoms with Gasteiger partial charge in [-0.1, -0.05) is 0 Å². The minimum atomic E-state index is -0.452. The Balaban J connectivity index is 1.81. The van der Waals surface area contributed by atoms with Gasteiger partial charge in [0.15, 0.2) is 0 Å². The second-order valence-corrected chi connectivity index (χ2v) is 7.01. The van der Waals surface area contributed by atoms with E-state index in [-0.39, 0.29) is 17.5 Å². The Bertz CT molecular complexity index is 529. The third-order valence-electron chi connectivity index (χ3n) is 3.96. The molecule has 3 amide bonds. The molecule has 0 bridgehead atoms. The summed E-state index contributed by atoms with van der Waals surface area (Å²) in [4.78, 5) is 30.1. The molecule has 0 spiro atoms. The number of hydrogen-bond donors (Lipinski definition) is 2. The van der Waals surface area contributed by atoms with Gasteiger partial charge >= 0.3 is 6.03 Å². The van der Waals surface area contributed by atoms with Crippen molar-refractivity contribution in [3.05, 3.63) is 12.7 Å². The van der Waals surface area contributed by atoms with E-state index in [2.05, 4.69) is 25.6 Å². The van der Waals surface area contributed by atoms with Gasteiger partial charge in [0.25, 0.3) is 0 Å². The molecular weight excluding hydrogens is 296 g/mol. The summed E-state index contributed by atoms with van der Waals surface area (Å²) >= 11 is 0. The van der Waals surface area contributed by atoms with E-state index in [1.54, 1.807) is 6.33 Å². The molecule has 0 saturated carbocycles. The molecule has 0 radical (unpaired) electrons. The lowest BCUT2D eigenvalue weighted by Gasteiger charge is -2.35. The van der Waals surface area contributed by atoms with Gasteiger partial charge in [-0.15, -0.1) is 0 Å². The highest BCUT2D eigenvalue weighted by atomic mass is 16.2. The number of amides is 3. The molecule has 0 aromatic carbocycles. The zero-order valence-corrected chi connectivity index (χ0v) is 14.2. The van der Waals surface area contributed by atoms with Crippen LogP contribution in [0.1, 0.15) is 46.6 Å². The predicted octanol–water partition coefficient (Wildman–Crippen LogP) is 0.928. The second-order valence-electron chi connectivity index (χ2n) is 7.01. The maximum atomic E-state index is 12.2. The van der Waals surface area contributed by atoms with Gasteiger partial charge in [-0.25, -0.2) is 14.5 Å². The Labute approximate surface area is 136 Å². The summed E-state index contributed by atoms with van der Waals surface area (Å²) in [6, 6.07) is -0.461. The molecule has 1 aromatic rings. The van der Waals surface area contributed by atoms with E-state index < -0.39 is 6.03 Å². The van der Waals surface area contributed by atoms with Gasteiger partial charge in [-0.2, -0.15) is 5.10 Å². The Morgan fingerprint density at radius 2 is 1.91 bits per heavy atom. The zero-order valence-electron chi connectivity index (χ0n) is 14.2. The van der Waals surface area contributed by atoms with Gasteiger partial charge < -0.3 is 5.32 Å². The quantitative estimate of drug-likeness (QED) is 0.863. The summed E-state index contributed by atoms with van der Waals surface area (Å²) in [6.45, 7) is 9.02. The van der Waals surface area contributed by atoms with E-state index in [4.69, 9.17) is 0 Å². The molecule has 2 heterocycles. The number of nitrogens with one attached hydrogen (secondary N) is 2. The standard InChI is InChI=1S/C15H26N6O2/c1-11(13(22)18-14(23)19-15(2,3)4)20-7-5-12(6-8-20)21-10-16-9-17-21/h9-12H,5-8H2,1-4H3,(H2,18,19,22,23)/t11-/m1/s1. The fourth-order valence-electron chi connectivity index (χ4n) is 2.70. The summed E-state index contributed by atoms with van der Waals surface area (Å²) < 4.78 is 1.87. The topological polar surface area (TPSA) is 92.2 Å². The normalized spacial score (nSPS) is 18.4. The highest BCUT2D eigenvalue weighted by Gasteiger charge is 2.28. The van der Waals surface area contributed by atoms with E-state index in [1.807, 2.05) is 32.4 Å². The van der Waals surface area contributed by atoms with Gasteiger partial charge in [0, 0.05) is 18.6 Å². The number of imide groups is 1. The Kier molecular flexibility index (Phi) is 5.35. The summed E-state index contributed by atoms with van der Waals surface area (Å²) in [6.07, 6.45) is 5.09. The van der Waals surface area contributed by atoms with Crippen molar-refractivity contribution >= 4 is 11.9 Å². The molecule has 1 saturated heterocycles. The SMILES string of the molecule is C[C@H](C(=O)NC(=O)NC(C)(C)C)N1CCC(n2cncn2)CC1. The van der Waals surface area contributed by atoms with Gasteiger partial charge in [0.05, 0.1) is 12.1 Å². The van der Waals surface area contributed by atoms with Crippen molar-refractivity contribution in [2.24, 2.45) is 0 Å². The number of aromatic nitrogens is 3. The maximum Gasteiger partial charge on any atom is 0.321 e. The van der Waals surface area contributed by atoms with Crippen LogP contribution in [0.4, 0.5) is 4.79 Å². The van der Waals surface area contributed by atoms with Crippen molar-refractivity contribution in [3.8, 4) is 0 Å². The summed E-state index contributed by atoms with van der Waals surface area (Å²) in [5.74, 6) is -0.272. The van der Waals surface area contributed by atoms with E-state index in [9.17, 15) is 9.59 Å². The van der Waals surface area contributed by atoms with Gasteiger partial charge in [-0.05, 0) is 40.5 Å². The van der Waals surface area contributed by atoms with Crippen molar-refractivity contribution in [2.75, 3.05) is 13.1 Å². The van der Waals surface area contributed by atoms with E-state index in [0.29, 0.717) is 6.04 Å². The van der Waals surface area contributed by atoms with Crippen LogP contribution in [0, 0.1) is 0 Å². The Morgan fingerprint density at radius 1 is 1.26 bits per heavy atom. The monoisotopic (exact) mass is 322 g/mol. The van der Waals surface area contributed by atoms with Crippen LogP contribution in [-0.2, 0) is 4.79 Å². The number of hydrogen-bond acceptors (Lipinski definition) is 5. The van der Waals surface area contributed by atoms with Crippen LogP contribution >= 0.6 is 0 Å². The van der Waals surface area contributed by atoms with Crippen molar-refractivity contribution in [2.45, 2.75) is 58.2 Å². The third kappa shape index (κ3) is 5.02. The van der Waals surface area contributed by atoms with Gasteiger partial charge in [-0.3, -0.25) is 15.0 Å². The van der Waals surface area contributed by atoms with Crippen molar-refractivity contribution < 1.29 is 9.59 Å². The van der Waals surface area contributed by atoms with E-state index in [0.717, 1.165) is 25.9 Å². The van der Waals surface area contributed by atoms with Crippen molar-refractivity contribution in [3.63, 3.8) is 0 Å². The van der Waals surface area contributed by atoms with Crippen LogP contribution in [-0.4, -0.2) is 56.3 Å². The molecule has 1 aliphatic rings. The van der Waals surface area contributed by atoms with Crippen LogP contribution in [0.15, 0.2) is 12.7 Å². The number of carbonyl (C=O) groups excluding carboxylic acids is 2. The van der Waals surface area contributed by atoms with Crippen LogP contribution in [0.5, 0.6) is 0 Å². The number of carbonyl (C=O) groups is 2. The minimum Gasteiger partial charge on any atom is -0.333 e. The maximum absolute atomic E-state index is 12.2. The number of likely N-dealkylation sites (tertiary alicyclic amines) is 1. The predicted molar refractivity (Wildman–Crippen MR) is 85.8 cm³/mol. The van der Waals surface area contributed by atoms with Crippen molar-refractivity contribution in [1.29, 1.82) is 0 Å². The molecule has 1 aromatic heterocycles. The van der Waals surface area contributed by atoms with Gasteiger partial charge in [0.2, 0.25) is 5.91 Å². The molecule has 2 rings (SSSR count). The molecule has 128 valence electrons. The zero-order chi connectivity index (χ0) is 17.0. The third-order valence-corrected chi connectivity index (χ3v) is 3.96. The number of rotatable bonds is 3. The fourth-order valence-corrected chi connectivity index (χ4v) is 2.70. The largest absolute Gasteiger partial charge is 0.333 e. The molecule has 0 unspecified atom stereocenters. The molecule has 23 heavy (non-hydrogen) atoms. The summed E-state index contributed by atoms with van der Waals surface area (Å²) in [5.41, 5.74) is -0.371. The average molecular weight is 322 g/mol. The first kappa shape index (κ1) is 17.4. The highest BCUT2D eigenvalue weighted by molar-refractivity contribution is 5.97. The first-order valence-corrected chi connectivity index (χ1v) is 7.97. The molecule has 1 atom stereocenters. The smallest absolute Gasteiger partial charge is 0.321 e. The van der Waals surface area contributed by atoms with Crippen molar-refractivity contribution in [1.82, 2.24) is 30.3 Å². The van der Waals surface area contributed by atoms with E-state index >= 15 is 0 Å². The molecule has 0 aliphatic carbocycles. The second kappa shape index (κ2) is 7.08. The number of nitrogens with zero attached hydrogens (tertiary/aromatic N) is 4. The lowest BCUT2D eigenvalue weighted by molar-refractivity contribution is -0.125. The van der Waals surface area contributed by atoms with E-state index in [1.165, 1.54) is 6.33 Å². The Morgan fingerprint density at radius 3 is 2.43 bits per heavy atom. The number of piperidine rings is 1. The fraction of sp³-hybridized carbons (Fsp3) is 0.733. The molecule has 1 fully saturated rings. The Hall–Kier alpha value is -1.96. The highest BCUT2D eigenvalue weighted by Crippen LogP contribution is 2.22. The number of urea groups is 1. The molecule has 8 heteroatoms. The van der Waals surface area contributed by atoms with Crippen LogP contribution in [0.25, 0.3) is 0 Å². The molecule has 8 nitrogen and oxygen atoms in total. The minimum absolute atomic E-state index is 0.272. The lowest BCUT2D eigenvalue weighted by atomic mass is 10.0. The summed E-state index contributed by atoms with van der Waals surface area (Å²) in [5, 5.41) is 9.31. The average Bonchev–Trinajstić information content (AvgIpc) is 2.98. The molecular formula is C15H26N6O2. The van der Waals surface area contributed by atoms with Crippen LogP contribution in [0.3, 0.4) is 0 Å².